The topological polar surface area (TPSA) is 12.0 Å². The van der Waals surface area contributed by atoms with Gasteiger partial charge in [0.25, 0.3) is 0 Å². The lowest BCUT2D eigenvalue weighted by molar-refractivity contribution is 0.242. The first-order chi connectivity index (χ1) is 8.58. The molecule has 0 aliphatic rings. The Labute approximate surface area is 109 Å². The zero-order chi connectivity index (χ0) is 13.6. The zero-order valence-electron chi connectivity index (χ0n) is 11.5. The normalized spacial score (nSPS) is 11.8. The van der Waals surface area contributed by atoms with Gasteiger partial charge in [-0.05, 0) is 43.4 Å². The van der Waals surface area contributed by atoms with Crippen LogP contribution in [0.4, 0.5) is 8.78 Å². The summed E-state index contributed by atoms with van der Waals surface area (Å²) < 4.78 is 27.4. The van der Waals surface area contributed by atoms with Crippen LogP contribution in [0, 0.1) is 17.0 Å². The standard InChI is InChI=1S/C15H23F2N/c1-4-15(5-2,11-18-6-3)10-12-13(16)8-7-9-14(12)17/h7-9,18H,4-6,10-11H2,1-3H3. The summed E-state index contributed by atoms with van der Waals surface area (Å²) in [6.45, 7) is 7.88. The van der Waals surface area contributed by atoms with Crippen molar-refractivity contribution in [2.24, 2.45) is 5.41 Å². The molecule has 1 rings (SSSR count). The Hall–Kier alpha value is -0.960. The molecule has 0 aliphatic heterocycles. The number of hydrogen-bond acceptors (Lipinski definition) is 1. The number of rotatable bonds is 7. The van der Waals surface area contributed by atoms with Crippen molar-refractivity contribution < 1.29 is 8.78 Å². The number of halogens is 2. The molecule has 3 heteroatoms. The Morgan fingerprint density at radius 3 is 2.06 bits per heavy atom. The Morgan fingerprint density at radius 1 is 1.06 bits per heavy atom. The van der Waals surface area contributed by atoms with E-state index in [1.807, 2.05) is 6.92 Å². The molecule has 1 N–H and O–H groups in total. The van der Waals surface area contributed by atoms with Gasteiger partial charge < -0.3 is 5.32 Å². The molecular formula is C15H23F2N. The van der Waals surface area contributed by atoms with Crippen molar-refractivity contribution in [1.29, 1.82) is 0 Å². The van der Waals surface area contributed by atoms with Crippen LogP contribution in [-0.2, 0) is 6.42 Å². The quantitative estimate of drug-likeness (QED) is 0.778. The molecule has 1 aromatic carbocycles. The van der Waals surface area contributed by atoms with E-state index >= 15 is 0 Å². The van der Waals surface area contributed by atoms with Gasteiger partial charge in [0, 0.05) is 12.1 Å². The summed E-state index contributed by atoms with van der Waals surface area (Å²) in [6.07, 6.45) is 2.26. The molecule has 0 amide bonds. The Morgan fingerprint density at radius 2 is 1.61 bits per heavy atom. The predicted molar refractivity (Wildman–Crippen MR) is 71.6 cm³/mol. The van der Waals surface area contributed by atoms with E-state index in [1.54, 1.807) is 0 Å². The molecule has 0 fully saturated rings. The summed E-state index contributed by atoms with van der Waals surface area (Å²) in [5.74, 6) is -0.865. The molecule has 0 bridgehead atoms. The van der Waals surface area contributed by atoms with Crippen LogP contribution in [0.5, 0.6) is 0 Å². The fourth-order valence-corrected chi connectivity index (χ4v) is 2.28. The molecule has 0 atom stereocenters. The van der Waals surface area contributed by atoms with E-state index in [0.29, 0.717) is 6.42 Å². The van der Waals surface area contributed by atoms with Crippen molar-refractivity contribution in [1.82, 2.24) is 5.32 Å². The second-order valence-corrected chi connectivity index (χ2v) is 4.86. The lowest BCUT2D eigenvalue weighted by Gasteiger charge is -2.32. The first-order valence-corrected chi connectivity index (χ1v) is 6.72. The van der Waals surface area contributed by atoms with Crippen molar-refractivity contribution in [2.45, 2.75) is 40.0 Å². The van der Waals surface area contributed by atoms with Gasteiger partial charge >= 0.3 is 0 Å². The van der Waals surface area contributed by atoms with Crippen LogP contribution in [0.2, 0.25) is 0 Å². The van der Waals surface area contributed by atoms with Crippen molar-refractivity contribution in [2.75, 3.05) is 13.1 Å². The first kappa shape index (κ1) is 15.1. The van der Waals surface area contributed by atoms with Gasteiger partial charge in [-0.3, -0.25) is 0 Å². The van der Waals surface area contributed by atoms with Crippen molar-refractivity contribution >= 4 is 0 Å². The van der Waals surface area contributed by atoms with Crippen LogP contribution < -0.4 is 5.32 Å². The minimum Gasteiger partial charge on any atom is -0.316 e. The SMILES string of the molecule is CCNCC(CC)(CC)Cc1c(F)cccc1F. The summed E-state index contributed by atoms with van der Waals surface area (Å²) in [4.78, 5) is 0. The Balaban J connectivity index is 2.95. The van der Waals surface area contributed by atoms with Gasteiger partial charge in [0.1, 0.15) is 11.6 Å². The second-order valence-electron chi connectivity index (χ2n) is 4.86. The van der Waals surface area contributed by atoms with Crippen LogP contribution in [0.1, 0.15) is 39.2 Å². The summed E-state index contributed by atoms with van der Waals surface area (Å²) >= 11 is 0. The molecular weight excluding hydrogens is 232 g/mol. The van der Waals surface area contributed by atoms with Gasteiger partial charge in [0.2, 0.25) is 0 Å². The largest absolute Gasteiger partial charge is 0.316 e. The molecule has 0 saturated heterocycles. The lowest BCUT2D eigenvalue weighted by atomic mass is 9.76. The molecule has 102 valence electrons. The number of benzene rings is 1. The maximum atomic E-state index is 13.7. The monoisotopic (exact) mass is 255 g/mol. The highest BCUT2D eigenvalue weighted by atomic mass is 19.1. The second kappa shape index (κ2) is 6.83. The summed E-state index contributed by atoms with van der Waals surface area (Å²) in [7, 11) is 0. The zero-order valence-corrected chi connectivity index (χ0v) is 11.5. The van der Waals surface area contributed by atoms with Crippen LogP contribution in [-0.4, -0.2) is 13.1 Å². The summed E-state index contributed by atoms with van der Waals surface area (Å²) in [5.41, 5.74) is 0.151. The highest BCUT2D eigenvalue weighted by molar-refractivity contribution is 5.21. The van der Waals surface area contributed by atoms with Crippen molar-refractivity contribution in [3.63, 3.8) is 0 Å². The van der Waals surface area contributed by atoms with Crippen LogP contribution in [0.25, 0.3) is 0 Å². The molecule has 0 aromatic heterocycles. The first-order valence-electron chi connectivity index (χ1n) is 6.72. The van der Waals surface area contributed by atoms with Gasteiger partial charge in [0.15, 0.2) is 0 Å². The Kier molecular flexibility index (Phi) is 5.73. The van der Waals surface area contributed by atoms with Crippen LogP contribution in [0.3, 0.4) is 0 Å². The van der Waals surface area contributed by atoms with Gasteiger partial charge in [-0.25, -0.2) is 8.78 Å². The average molecular weight is 255 g/mol. The number of hydrogen-bond donors (Lipinski definition) is 1. The van der Waals surface area contributed by atoms with Crippen molar-refractivity contribution in [3.05, 3.63) is 35.4 Å². The fourth-order valence-electron chi connectivity index (χ4n) is 2.28. The molecule has 0 aliphatic carbocycles. The third-order valence-electron chi connectivity index (χ3n) is 3.86. The van der Waals surface area contributed by atoms with Gasteiger partial charge in [0.05, 0.1) is 0 Å². The smallest absolute Gasteiger partial charge is 0.129 e. The van der Waals surface area contributed by atoms with E-state index in [2.05, 4.69) is 19.2 Å². The van der Waals surface area contributed by atoms with E-state index in [1.165, 1.54) is 18.2 Å². The molecule has 0 heterocycles. The van der Waals surface area contributed by atoms with Crippen molar-refractivity contribution in [3.8, 4) is 0 Å². The minimum atomic E-state index is -0.433. The number of nitrogens with one attached hydrogen (secondary N) is 1. The van der Waals surface area contributed by atoms with E-state index in [-0.39, 0.29) is 11.0 Å². The highest BCUT2D eigenvalue weighted by Gasteiger charge is 2.28. The van der Waals surface area contributed by atoms with E-state index in [0.717, 1.165) is 25.9 Å². The molecule has 18 heavy (non-hydrogen) atoms. The molecule has 0 spiro atoms. The van der Waals surface area contributed by atoms with E-state index in [9.17, 15) is 8.78 Å². The van der Waals surface area contributed by atoms with Gasteiger partial charge in [-0.15, -0.1) is 0 Å². The third kappa shape index (κ3) is 3.52. The molecule has 0 saturated carbocycles. The van der Waals surface area contributed by atoms with Gasteiger partial charge in [-0.1, -0.05) is 26.8 Å². The molecule has 0 unspecified atom stereocenters. The van der Waals surface area contributed by atoms with Gasteiger partial charge in [-0.2, -0.15) is 0 Å². The predicted octanol–water partition coefficient (Wildman–Crippen LogP) is 3.92. The summed E-state index contributed by atoms with van der Waals surface area (Å²) in [6, 6.07) is 4.08. The molecule has 1 nitrogen and oxygen atoms in total. The average Bonchev–Trinajstić information content (AvgIpc) is 2.38. The fraction of sp³-hybridized carbons (Fsp3) is 0.600. The summed E-state index contributed by atoms with van der Waals surface area (Å²) in [5, 5.41) is 3.31. The molecule has 1 aromatic rings. The maximum absolute atomic E-state index is 13.7. The minimum absolute atomic E-state index is 0.0704. The lowest BCUT2D eigenvalue weighted by Crippen LogP contribution is -2.35. The Bertz CT molecular complexity index is 353. The van der Waals surface area contributed by atoms with Crippen LogP contribution in [0.15, 0.2) is 18.2 Å². The molecule has 0 radical (unpaired) electrons. The van der Waals surface area contributed by atoms with Crippen LogP contribution >= 0.6 is 0 Å². The third-order valence-corrected chi connectivity index (χ3v) is 3.86. The van der Waals surface area contributed by atoms with E-state index in [4.69, 9.17) is 0 Å². The highest BCUT2D eigenvalue weighted by Crippen LogP contribution is 2.32. The van der Waals surface area contributed by atoms with E-state index < -0.39 is 11.6 Å². The maximum Gasteiger partial charge on any atom is 0.129 e.